The summed E-state index contributed by atoms with van der Waals surface area (Å²) >= 11 is 3.29. The molecule has 1 aliphatic heterocycles. The lowest BCUT2D eigenvalue weighted by Crippen LogP contribution is -2.43. The van der Waals surface area contributed by atoms with E-state index in [0.717, 1.165) is 12.8 Å². The van der Waals surface area contributed by atoms with Gasteiger partial charge in [0.2, 0.25) is 10.0 Å². The van der Waals surface area contributed by atoms with Crippen molar-refractivity contribution in [3.05, 3.63) is 22.9 Å². The van der Waals surface area contributed by atoms with Crippen LogP contribution in [-0.2, 0) is 10.0 Å². The zero-order valence-corrected chi connectivity index (χ0v) is 14.5. The van der Waals surface area contributed by atoms with Crippen LogP contribution >= 0.6 is 15.9 Å². The molecule has 1 saturated carbocycles. The molecule has 21 heavy (non-hydrogen) atoms. The number of sulfonamides is 1. The molecule has 0 N–H and O–H groups in total. The van der Waals surface area contributed by atoms with Crippen molar-refractivity contribution >= 4 is 26.0 Å². The zero-order valence-electron chi connectivity index (χ0n) is 12.1. The van der Waals surface area contributed by atoms with Gasteiger partial charge in [0, 0.05) is 30.0 Å². The molecule has 0 bridgehead atoms. The number of hydrogen-bond donors (Lipinski definition) is 0. The van der Waals surface area contributed by atoms with E-state index in [0.29, 0.717) is 23.0 Å². The monoisotopic (exact) mass is 372 g/mol. The van der Waals surface area contributed by atoms with E-state index in [1.165, 1.54) is 38.3 Å². The van der Waals surface area contributed by atoms with Gasteiger partial charge in [-0.15, -0.1) is 0 Å². The third-order valence-electron chi connectivity index (χ3n) is 5.01. The Morgan fingerprint density at radius 1 is 1.05 bits per heavy atom. The Kier molecular flexibility index (Phi) is 4.39. The highest BCUT2D eigenvalue weighted by atomic mass is 79.9. The quantitative estimate of drug-likeness (QED) is 0.796. The van der Waals surface area contributed by atoms with Gasteiger partial charge in [-0.2, -0.15) is 4.31 Å². The van der Waals surface area contributed by atoms with E-state index in [9.17, 15) is 8.42 Å². The zero-order chi connectivity index (χ0) is 14.9. The Labute approximate surface area is 135 Å². The highest BCUT2D eigenvalue weighted by molar-refractivity contribution is 9.10. The third kappa shape index (κ3) is 3.17. The summed E-state index contributed by atoms with van der Waals surface area (Å²) in [6.45, 7) is 1.30. The molecule has 3 rings (SSSR count). The molecule has 1 aromatic heterocycles. The lowest BCUT2D eigenvalue weighted by Gasteiger charge is -2.43. The Morgan fingerprint density at radius 3 is 2.33 bits per heavy atom. The molecule has 0 radical (unpaired) electrons. The van der Waals surface area contributed by atoms with Crippen LogP contribution in [0.2, 0.25) is 0 Å². The smallest absolute Gasteiger partial charge is 0.244 e. The van der Waals surface area contributed by atoms with Crippen LogP contribution in [-0.4, -0.2) is 30.8 Å². The predicted molar refractivity (Wildman–Crippen MR) is 85.4 cm³/mol. The first-order valence-electron chi connectivity index (χ1n) is 7.63. The second-order valence-corrected chi connectivity index (χ2v) is 9.16. The van der Waals surface area contributed by atoms with E-state index in [1.807, 2.05) is 0 Å². The van der Waals surface area contributed by atoms with Gasteiger partial charge in [0.05, 0.1) is 0 Å². The van der Waals surface area contributed by atoms with Crippen LogP contribution < -0.4 is 0 Å². The summed E-state index contributed by atoms with van der Waals surface area (Å²) in [5.41, 5.74) is 0.416. The van der Waals surface area contributed by atoms with Crippen LogP contribution in [0.25, 0.3) is 0 Å². The van der Waals surface area contributed by atoms with Gasteiger partial charge in [-0.05, 0) is 53.1 Å². The van der Waals surface area contributed by atoms with Crippen molar-refractivity contribution in [3.8, 4) is 0 Å². The Bertz CT molecular complexity index is 602. The molecule has 1 spiro atoms. The first-order chi connectivity index (χ1) is 10.0. The largest absolute Gasteiger partial charge is 0.262 e. The number of piperidine rings is 1. The van der Waals surface area contributed by atoms with Crippen molar-refractivity contribution in [1.82, 2.24) is 9.29 Å². The minimum atomic E-state index is -3.40. The number of halogens is 1. The van der Waals surface area contributed by atoms with Crippen LogP contribution in [0.3, 0.4) is 0 Å². The summed E-state index contributed by atoms with van der Waals surface area (Å²) < 4.78 is 27.7. The Morgan fingerprint density at radius 2 is 1.71 bits per heavy atom. The molecule has 0 aromatic carbocycles. The molecule has 2 aliphatic rings. The van der Waals surface area contributed by atoms with Crippen molar-refractivity contribution in [2.45, 2.75) is 49.8 Å². The third-order valence-corrected chi connectivity index (χ3v) is 7.31. The average Bonchev–Trinajstić information content (AvgIpc) is 2.48. The summed E-state index contributed by atoms with van der Waals surface area (Å²) in [6, 6.07) is 1.63. The van der Waals surface area contributed by atoms with Crippen molar-refractivity contribution in [3.63, 3.8) is 0 Å². The van der Waals surface area contributed by atoms with Gasteiger partial charge in [-0.1, -0.05) is 19.3 Å². The number of nitrogens with zero attached hydrogens (tertiary/aromatic N) is 2. The standard InChI is InChI=1S/C15H21BrN2O2S/c16-13-10-14(12-17-11-13)21(19,20)18-8-6-15(7-9-18)4-2-1-3-5-15/h10-12H,1-9H2. The Hall–Kier alpha value is -0.460. The second kappa shape index (κ2) is 5.97. The maximum absolute atomic E-state index is 12.7. The molecule has 4 nitrogen and oxygen atoms in total. The van der Waals surface area contributed by atoms with E-state index in [-0.39, 0.29) is 4.90 Å². The lowest BCUT2D eigenvalue weighted by atomic mass is 9.68. The molecule has 0 atom stereocenters. The maximum atomic E-state index is 12.7. The van der Waals surface area contributed by atoms with Crippen LogP contribution in [0.15, 0.2) is 27.8 Å². The molecule has 6 heteroatoms. The molecule has 0 amide bonds. The van der Waals surface area contributed by atoms with Gasteiger partial charge in [0.15, 0.2) is 0 Å². The normalized spacial score (nSPS) is 23.3. The maximum Gasteiger partial charge on any atom is 0.244 e. The summed E-state index contributed by atoms with van der Waals surface area (Å²) in [7, 11) is -3.40. The molecule has 1 aromatic rings. The van der Waals surface area contributed by atoms with Gasteiger partial charge in [-0.25, -0.2) is 8.42 Å². The van der Waals surface area contributed by atoms with Crippen molar-refractivity contribution in [2.75, 3.05) is 13.1 Å². The predicted octanol–water partition coefficient (Wildman–Crippen LogP) is 3.58. The molecule has 1 aliphatic carbocycles. The fraction of sp³-hybridized carbons (Fsp3) is 0.667. The fourth-order valence-corrected chi connectivity index (χ4v) is 5.63. The number of pyridine rings is 1. The van der Waals surface area contributed by atoms with Crippen LogP contribution in [0.4, 0.5) is 0 Å². The fourth-order valence-electron chi connectivity index (χ4n) is 3.69. The van der Waals surface area contributed by atoms with E-state index in [2.05, 4.69) is 20.9 Å². The van der Waals surface area contributed by atoms with Crippen molar-refractivity contribution in [1.29, 1.82) is 0 Å². The van der Waals surface area contributed by atoms with Gasteiger partial charge in [0.25, 0.3) is 0 Å². The first-order valence-corrected chi connectivity index (χ1v) is 9.86. The second-order valence-electron chi connectivity index (χ2n) is 6.30. The Balaban J connectivity index is 1.74. The number of aromatic nitrogens is 1. The molecule has 2 fully saturated rings. The summed E-state index contributed by atoms with van der Waals surface area (Å²) in [6.07, 6.45) is 11.6. The minimum absolute atomic E-state index is 0.288. The summed E-state index contributed by atoms with van der Waals surface area (Å²) in [4.78, 5) is 4.26. The van der Waals surface area contributed by atoms with Gasteiger partial charge in [-0.3, -0.25) is 4.98 Å². The summed E-state index contributed by atoms with van der Waals surface area (Å²) in [5.74, 6) is 0. The van der Waals surface area contributed by atoms with Crippen LogP contribution in [0, 0.1) is 5.41 Å². The molecule has 1 saturated heterocycles. The molecule has 116 valence electrons. The molecule has 0 unspecified atom stereocenters. The van der Waals surface area contributed by atoms with E-state index < -0.39 is 10.0 Å². The van der Waals surface area contributed by atoms with Gasteiger partial charge < -0.3 is 0 Å². The minimum Gasteiger partial charge on any atom is -0.262 e. The molecular formula is C15H21BrN2O2S. The number of hydrogen-bond acceptors (Lipinski definition) is 3. The van der Waals surface area contributed by atoms with Crippen molar-refractivity contribution < 1.29 is 8.42 Å². The van der Waals surface area contributed by atoms with Gasteiger partial charge in [0.1, 0.15) is 4.90 Å². The molecular weight excluding hydrogens is 352 g/mol. The number of rotatable bonds is 2. The first kappa shape index (κ1) is 15.4. The lowest BCUT2D eigenvalue weighted by molar-refractivity contribution is 0.102. The average molecular weight is 373 g/mol. The van der Waals surface area contributed by atoms with Crippen molar-refractivity contribution in [2.24, 2.45) is 5.41 Å². The van der Waals surface area contributed by atoms with E-state index in [4.69, 9.17) is 0 Å². The summed E-state index contributed by atoms with van der Waals surface area (Å²) in [5, 5.41) is 0. The topological polar surface area (TPSA) is 50.3 Å². The van der Waals surface area contributed by atoms with Crippen LogP contribution in [0.1, 0.15) is 44.9 Å². The van der Waals surface area contributed by atoms with Gasteiger partial charge >= 0.3 is 0 Å². The highest BCUT2D eigenvalue weighted by Gasteiger charge is 2.39. The van der Waals surface area contributed by atoms with Crippen LogP contribution in [0.5, 0.6) is 0 Å². The SMILES string of the molecule is O=S(=O)(c1cncc(Br)c1)N1CCC2(CCCCC2)CC1. The highest BCUT2D eigenvalue weighted by Crippen LogP contribution is 2.45. The van der Waals surface area contributed by atoms with E-state index in [1.54, 1.807) is 16.6 Å². The molecule has 2 heterocycles. The van der Waals surface area contributed by atoms with E-state index >= 15 is 0 Å².